The molecule has 8 heteroatoms. The van der Waals surface area contributed by atoms with Crippen LogP contribution >= 0.6 is 11.3 Å². The van der Waals surface area contributed by atoms with E-state index in [0.29, 0.717) is 23.8 Å². The third-order valence-corrected chi connectivity index (χ3v) is 4.63. The van der Waals surface area contributed by atoms with Crippen molar-refractivity contribution in [2.75, 3.05) is 20.2 Å². The Morgan fingerprint density at radius 2 is 2.14 bits per heavy atom. The number of nitrogens with zero attached hydrogens (tertiary/aromatic N) is 2. The fourth-order valence-electron chi connectivity index (χ4n) is 2.28. The van der Waals surface area contributed by atoms with Gasteiger partial charge in [-0.2, -0.15) is 0 Å². The maximum absolute atomic E-state index is 12.0. The molecule has 0 aliphatic carbocycles. The molecule has 2 N–H and O–H groups in total. The van der Waals surface area contributed by atoms with Gasteiger partial charge in [-0.1, -0.05) is 0 Å². The molecular formula is C13H19N3O4S. The predicted molar refractivity (Wildman–Crippen MR) is 77.7 cm³/mol. The standard InChI is InChI=1S/C13H19N3O4S/c1-8-11(12(17)18)21-10(15-8)7-14-13(19)16-5-3-9(20-2)4-6-16/h9H,3-7H2,1-2H3,(H,14,19)(H,17,18). The zero-order valence-electron chi connectivity index (χ0n) is 12.1. The van der Waals surface area contributed by atoms with Crippen molar-refractivity contribution in [1.82, 2.24) is 15.2 Å². The van der Waals surface area contributed by atoms with Crippen molar-refractivity contribution >= 4 is 23.3 Å². The van der Waals surface area contributed by atoms with E-state index in [1.54, 1.807) is 18.9 Å². The summed E-state index contributed by atoms with van der Waals surface area (Å²) >= 11 is 1.10. The average molecular weight is 313 g/mol. The van der Waals surface area contributed by atoms with Crippen LogP contribution in [0.2, 0.25) is 0 Å². The fourth-order valence-corrected chi connectivity index (χ4v) is 3.13. The summed E-state index contributed by atoms with van der Waals surface area (Å²) in [6, 6.07) is -0.144. The Kier molecular flexibility index (Phi) is 5.13. The molecule has 0 atom stereocenters. The van der Waals surface area contributed by atoms with Gasteiger partial charge in [0.1, 0.15) is 9.88 Å². The smallest absolute Gasteiger partial charge is 0.347 e. The summed E-state index contributed by atoms with van der Waals surface area (Å²) in [6.07, 6.45) is 1.90. The van der Waals surface area contributed by atoms with Crippen LogP contribution in [-0.2, 0) is 11.3 Å². The predicted octanol–water partition coefficient (Wildman–Crippen LogP) is 1.47. The van der Waals surface area contributed by atoms with Gasteiger partial charge in [-0.3, -0.25) is 0 Å². The van der Waals surface area contributed by atoms with Gasteiger partial charge in [0.05, 0.1) is 18.3 Å². The van der Waals surface area contributed by atoms with E-state index in [4.69, 9.17) is 9.84 Å². The number of ether oxygens (including phenoxy) is 1. The number of carboxylic acids is 1. The number of aromatic nitrogens is 1. The molecular weight excluding hydrogens is 294 g/mol. The molecule has 0 saturated carbocycles. The SMILES string of the molecule is COC1CCN(C(=O)NCc2nc(C)c(C(=O)O)s2)CC1. The number of piperidine rings is 1. The van der Waals surface area contributed by atoms with Gasteiger partial charge in [0.2, 0.25) is 0 Å². The second kappa shape index (κ2) is 6.86. The van der Waals surface area contributed by atoms with Gasteiger partial charge in [-0.25, -0.2) is 14.6 Å². The fraction of sp³-hybridized carbons (Fsp3) is 0.615. The van der Waals surface area contributed by atoms with Crippen molar-refractivity contribution in [3.8, 4) is 0 Å². The van der Waals surface area contributed by atoms with E-state index in [-0.39, 0.29) is 23.6 Å². The normalized spacial score (nSPS) is 16.0. The maximum Gasteiger partial charge on any atom is 0.347 e. The number of urea groups is 1. The molecule has 21 heavy (non-hydrogen) atoms. The van der Waals surface area contributed by atoms with Crippen LogP contribution in [0, 0.1) is 6.92 Å². The lowest BCUT2D eigenvalue weighted by Crippen LogP contribution is -2.45. The lowest BCUT2D eigenvalue weighted by atomic mass is 10.1. The van der Waals surface area contributed by atoms with Crippen LogP contribution in [0.3, 0.4) is 0 Å². The first-order valence-electron chi connectivity index (χ1n) is 6.76. The first kappa shape index (κ1) is 15.7. The van der Waals surface area contributed by atoms with E-state index in [9.17, 15) is 9.59 Å². The summed E-state index contributed by atoms with van der Waals surface area (Å²) in [5.41, 5.74) is 0.484. The lowest BCUT2D eigenvalue weighted by Gasteiger charge is -2.31. The summed E-state index contributed by atoms with van der Waals surface area (Å²) < 4.78 is 5.26. The van der Waals surface area contributed by atoms with Gasteiger partial charge < -0.3 is 20.1 Å². The quantitative estimate of drug-likeness (QED) is 0.878. The molecule has 1 fully saturated rings. The number of likely N-dealkylation sites (tertiary alicyclic amines) is 1. The van der Waals surface area contributed by atoms with Gasteiger partial charge in [-0.15, -0.1) is 11.3 Å². The van der Waals surface area contributed by atoms with Crippen molar-refractivity contribution in [3.63, 3.8) is 0 Å². The molecule has 7 nitrogen and oxygen atoms in total. The molecule has 1 saturated heterocycles. The Morgan fingerprint density at radius 1 is 1.48 bits per heavy atom. The Balaban J connectivity index is 1.84. The van der Waals surface area contributed by atoms with E-state index >= 15 is 0 Å². The van der Waals surface area contributed by atoms with Crippen LogP contribution in [0.4, 0.5) is 4.79 Å². The molecule has 1 aliphatic heterocycles. The van der Waals surface area contributed by atoms with Crippen molar-refractivity contribution < 1.29 is 19.4 Å². The van der Waals surface area contributed by atoms with Crippen LogP contribution in [0.25, 0.3) is 0 Å². The number of aryl methyl sites for hydroxylation is 1. The highest BCUT2D eigenvalue weighted by Gasteiger charge is 2.22. The molecule has 0 bridgehead atoms. The molecule has 1 aromatic rings. The number of nitrogens with one attached hydrogen (secondary N) is 1. The zero-order valence-corrected chi connectivity index (χ0v) is 12.9. The van der Waals surface area contributed by atoms with E-state index in [0.717, 1.165) is 24.2 Å². The Hall–Kier alpha value is -1.67. The summed E-state index contributed by atoms with van der Waals surface area (Å²) in [4.78, 5) is 29.1. The number of amides is 2. The molecule has 0 spiro atoms. The maximum atomic E-state index is 12.0. The van der Waals surface area contributed by atoms with Crippen LogP contribution in [0.1, 0.15) is 33.2 Å². The number of thiazole rings is 1. The van der Waals surface area contributed by atoms with Gasteiger partial charge in [-0.05, 0) is 19.8 Å². The molecule has 0 aromatic carbocycles. The topological polar surface area (TPSA) is 91.8 Å². The number of hydrogen-bond acceptors (Lipinski definition) is 5. The zero-order chi connectivity index (χ0) is 15.4. The molecule has 0 unspecified atom stereocenters. The van der Waals surface area contributed by atoms with E-state index in [1.165, 1.54) is 0 Å². The molecule has 116 valence electrons. The first-order valence-corrected chi connectivity index (χ1v) is 7.58. The highest BCUT2D eigenvalue weighted by atomic mass is 32.1. The summed E-state index contributed by atoms with van der Waals surface area (Å²) in [6.45, 7) is 3.24. The van der Waals surface area contributed by atoms with Crippen LogP contribution < -0.4 is 5.32 Å². The third-order valence-electron chi connectivity index (χ3n) is 3.49. The van der Waals surface area contributed by atoms with E-state index in [2.05, 4.69) is 10.3 Å². The number of carbonyl (C=O) groups is 2. The van der Waals surface area contributed by atoms with Gasteiger partial charge in [0.25, 0.3) is 0 Å². The lowest BCUT2D eigenvalue weighted by molar-refractivity contribution is 0.0503. The number of carboxylic acid groups (broad SMARTS) is 1. The summed E-state index contributed by atoms with van der Waals surface area (Å²) in [5.74, 6) is -0.982. The van der Waals surface area contributed by atoms with Crippen LogP contribution in [0.15, 0.2) is 0 Å². The summed E-state index contributed by atoms with van der Waals surface area (Å²) in [5, 5.41) is 12.4. The average Bonchev–Trinajstić information content (AvgIpc) is 2.86. The Morgan fingerprint density at radius 3 is 2.67 bits per heavy atom. The molecule has 2 heterocycles. The number of methoxy groups -OCH3 is 1. The molecule has 1 aliphatic rings. The monoisotopic (exact) mass is 313 g/mol. The highest BCUT2D eigenvalue weighted by Crippen LogP contribution is 2.18. The van der Waals surface area contributed by atoms with Crippen molar-refractivity contribution in [2.45, 2.75) is 32.4 Å². The van der Waals surface area contributed by atoms with Gasteiger partial charge in [0.15, 0.2) is 0 Å². The summed E-state index contributed by atoms with van der Waals surface area (Å²) in [7, 11) is 1.69. The van der Waals surface area contributed by atoms with Crippen LogP contribution in [0.5, 0.6) is 0 Å². The van der Waals surface area contributed by atoms with Crippen molar-refractivity contribution in [1.29, 1.82) is 0 Å². The van der Waals surface area contributed by atoms with Crippen LogP contribution in [-0.4, -0.2) is 53.3 Å². The minimum Gasteiger partial charge on any atom is -0.477 e. The second-order valence-corrected chi connectivity index (χ2v) is 5.99. The minimum absolute atomic E-state index is 0.144. The molecule has 2 rings (SSSR count). The second-order valence-electron chi connectivity index (χ2n) is 4.91. The van der Waals surface area contributed by atoms with Crippen molar-refractivity contribution in [2.24, 2.45) is 0 Å². The Labute approximate surface area is 126 Å². The third kappa shape index (κ3) is 3.92. The van der Waals surface area contributed by atoms with Gasteiger partial charge in [0, 0.05) is 20.2 Å². The number of aromatic carboxylic acids is 1. The molecule has 1 aromatic heterocycles. The number of rotatable bonds is 4. The van der Waals surface area contributed by atoms with E-state index < -0.39 is 5.97 Å². The highest BCUT2D eigenvalue weighted by molar-refractivity contribution is 7.13. The number of carbonyl (C=O) groups excluding carboxylic acids is 1. The largest absolute Gasteiger partial charge is 0.477 e. The molecule has 2 amide bonds. The molecule has 0 radical (unpaired) electrons. The Bertz CT molecular complexity index is 523. The van der Waals surface area contributed by atoms with E-state index in [1.807, 2.05) is 0 Å². The minimum atomic E-state index is -0.982. The van der Waals surface area contributed by atoms with Gasteiger partial charge >= 0.3 is 12.0 Å². The number of hydrogen-bond donors (Lipinski definition) is 2. The van der Waals surface area contributed by atoms with Crippen molar-refractivity contribution in [3.05, 3.63) is 15.6 Å². The first-order chi connectivity index (χ1) is 10.0.